The van der Waals surface area contributed by atoms with Crippen molar-refractivity contribution < 1.29 is 35.9 Å². The number of hydrogen-bond donors (Lipinski definition) is 1. The smallest absolute Gasteiger partial charge is 0.455 e. The van der Waals surface area contributed by atoms with Crippen LogP contribution in [0.5, 0.6) is 5.75 Å². The van der Waals surface area contributed by atoms with Crippen LogP contribution in [-0.4, -0.2) is 31.5 Å². The lowest BCUT2D eigenvalue weighted by atomic mass is 10.0. The molecule has 0 bridgehead atoms. The standard InChI is InChI=1S/C14H10F6N2O2/c1-24-8-4-2-7(3-5-8)12-21-6-9(11(23)14(18,19)20)10(22-12)13(15,16)17/h2-6,12,22H,1H3. The Hall–Kier alpha value is -2.52. The fraction of sp³-hybridized carbons (Fsp3) is 0.286. The van der Waals surface area contributed by atoms with Gasteiger partial charge in [-0.1, -0.05) is 12.1 Å². The van der Waals surface area contributed by atoms with Gasteiger partial charge in [-0.3, -0.25) is 9.79 Å². The first-order chi connectivity index (χ1) is 11.0. The molecule has 0 amide bonds. The number of nitrogens with zero attached hydrogens (tertiary/aromatic N) is 1. The highest BCUT2D eigenvalue weighted by molar-refractivity contribution is 6.16. The lowest BCUT2D eigenvalue weighted by Gasteiger charge is -2.26. The predicted molar refractivity (Wildman–Crippen MR) is 71.5 cm³/mol. The molecule has 10 heteroatoms. The van der Waals surface area contributed by atoms with Crippen LogP contribution in [0.4, 0.5) is 26.3 Å². The summed E-state index contributed by atoms with van der Waals surface area (Å²) in [6, 6.07) is 5.72. The van der Waals surface area contributed by atoms with Crippen molar-refractivity contribution in [2.75, 3.05) is 7.11 Å². The highest BCUT2D eigenvalue weighted by Crippen LogP contribution is 2.34. The summed E-state index contributed by atoms with van der Waals surface area (Å²) in [7, 11) is 1.39. The second kappa shape index (κ2) is 6.17. The van der Waals surface area contributed by atoms with Gasteiger partial charge in [0.2, 0.25) is 0 Å². The molecule has 2 rings (SSSR count). The summed E-state index contributed by atoms with van der Waals surface area (Å²) < 4.78 is 81.3. The summed E-state index contributed by atoms with van der Waals surface area (Å²) in [6.45, 7) is 0. The Bertz CT molecular complexity index is 689. The minimum Gasteiger partial charge on any atom is -0.497 e. The van der Waals surface area contributed by atoms with Gasteiger partial charge in [-0.2, -0.15) is 26.3 Å². The molecule has 1 aromatic carbocycles. The zero-order chi connectivity index (χ0) is 18.1. The van der Waals surface area contributed by atoms with Gasteiger partial charge in [-0.15, -0.1) is 0 Å². The third-order valence-corrected chi connectivity index (χ3v) is 3.12. The number of rotatable bonds is 3. The maximum absolute atomic E-state index is 13.0. The molecule has 1 aliphatic heterocycles. The van der Waals surface area contributed by atoms with Crippen molar-refractivity contribution in [1.29, 1.82) is 0 Å². The number of allylic oxidation sites excluding steroid dienone is 2. The average Bonchev–Trinajstić information content (AvgIpc) is 2.52. The topological polar surface area (TPSA) is 50.7 Å². The molecule has 1 atom stereocenters. The minimum absolute atomic E-state index is 0.257. The molecule has 0 radical (unpaired) electrons. The quantitative estimate of drug-likeness (QED) is 0.849. The van der Waals surface area contributed by atoms with Gasteiger partial charge in [-0.25, -0.2) is 0 Å². The minimum atomic E-state index is -5.44. The average molecular weight is 352 g/mol. The fourth-order valence-electron chi connectivity index (χ4n) is 1.98. The molecule has 0 spiro atoms. The molecule has 0 saturated carbocycles. The number of aliphatic imine (C=N–C) groups is 1. The Morgan fingerprint density at radius 3 is 2.17 bits per heavy atom. The van der Waals surface area contributed by atoms with Crippen molar-refractivity contribution in [3.63, 3.8) is 0 Å². The maximum atomic E-state index is 13.0. The highest BCUT2D eigenvalue weighted by Gasteiger charge is 2.47. The number of hydrogen-bond acceptors (Lipinski definition) is 4. The first-order valence-corrected chi connectivity index (χ1v) is 6.40. The number of benzene rings is 1. The van der Waals surface area contributed by atoms with E-state index >= 15 is 0 Å². The Kier molecular flexibility index (Phi) is 4.59. The van der Waals surface area contributed by atoms with Crippen molar-refractivity contribution in [3.05, 3.63) is 41.1 Å². The second-order valence-electron chi connectivity index (χ2n) is 4.71. The second-order valence-corrected chi connectivity index (χ2v) is 4.71. The fourth-order valence-corrected chi connectivity index (χ4v) is 1.98. The van der Waals surface area contributed by atoms with Crippen LogP contribution in [0, 0.1) is 0 Å². The first-order valence-electron chi connectivity index (χ1n) is 6.40. The van der Waals surface area contributed by atoms with Gasteiger partial charge in [0.05, 0.1) is 12.7 Å². The van der Waals surface area contributed by atoms with E-state index in [-0.39, 0.29) is 5.56 Å². The Balaban J connectivity index is 2.38. The van der Waals surface area contributed by atoms with Crippen LogP contribution in [0.15, 0.2) is 40.5 Å². The summed E-state index contributed by atoms with van der Waals surface area (Å²) in [4.78, 5) is 14.8. The molecule has 4 nitrogen and oxygen atoms in total. The van der Waals surface area contributed by atoms with Crippen LogP contribution < -0.4 is 10.1 Å². The van der Waals surface area contributed by atoms with Crippen molar-refractivity contribution in [2.45, 2.75) is 18.5 Å². The number of methoxy groups -OCH3 is 1. The Morgan fingerprint density at radius 1 is 1.12 bits per heavy atom. The van der Waals surface area contributed by atoms with E-state index in [9.17, 15) is 31.1 Å². The molecule has 1 aromatic rings. The molecule has 130 valence electrons. The highest BCUT2D eigenvalue weighted by atomic mass is 19.4. The van der Waals surface area contributed by atoms with E-state index in [0.717, 1.165) is 0 Å². The summed E-state index contributed by atoms with van der Waals surface area (Å²) in [5.41, 5.74) is -3.09. The molecule has 0 aromatic heterocycles. The third-order valence-electron chi connectivity index (χ3n) is 3.12. The molecule has 1 unspecified atom stereocenters. The van der Waals surface area contributed by atoms with Crippen LogP contribution >= 0.6 is 0 Å². The molecule has 0 aliphatic carbocycles. The van der Waals surface area contributed by atoms with Gasteiger partial charge in [0.15, 0.2) is 0 Å². The molecule has 1 heterocycles. The van der Waals surface area contributed by atoms with Gasteiger partial charge in [0, 0.05) is 6.21 Å². The molecule has 1 aliphatic rings. The third kappa shape index (κ3) is 3.69. The van der Waals surface area contributed by atoms with Crippen molar-refractivity contribution in [3.8, 4) is 5.75 Å². The van der Waals surface area contributed by atoms with E-state index < -0.39 is 35.6 Å². The van der Waals surface area contributed by atoms with E-state index in [0.29, 0.717) is 12.0 Å². The molecule has 0 fully saturated rings. The molecule has 0 saturated heterocycles. The Morgan fingerprint density at radius 2 is 1.71 bits per heavy atom. The first kappa shape index (κ1) is 17.8. The van der Waals surface area contributed by atoms with Crippen molar-refractivity contribution >= 4 is 12.0 Å². The van der Waals surface area contributed by atoms with Crippen molar-refractivity contribution in [2.24, 2.45) is 4.99 Å². The largest absolute Gasteiger partial charge is 0.497 e. The molecular weight excluding hydrogens is 342 g/mol. The van der Waals surface area contributed by atoms with Gasteiger partial charge in [-0.05, 0) is 17.7 Å². The zero-order valence-corrected chi connectivity index (χ0v) is 12.0. The van der Waals surface area contributed by atoms with E-state index in [1.54, 1.807) is 0 Å². The number of carbonyl (C=O) groups is 1. The lowest BCUT2D eigenvalue weighted by Crippen LogP contribution is -2.38. The molecule has 1 N–H and O–H groups in total. The monoisotopic (exact) mass is 352 g/mol. The van der Waals surface area contributed by atoms with Gasteiger partial charge >= 0.3 is 12.4 Å². The van der Waals surface area contributed by atoms with E-state index in [2.05, 4.69) is 4.99 Å². The van der Waals surface area contributed by atoms with Crippen LogP contribution in [-0.2, 0) is 4.79 Å². The number of ketones is 1. The lowest BCUT2D eigenvalue weighted by molar-refractivity contribution is -0.166. The number of ether oxygens (including phenoxy) is 1. The number of halogens is 6. The molecular formula is C14H10F6N2O2. The zero-order valence-electron chi connectivity index (χ0n) is 12.0. The van der Waals surface area contributed by atoms with E-state index in [1.165, 1.54) is 31.4 Å². The number of alkyl halides is 6. The summed E-state index contributed by atoms with van der Waals surface area (Å²) in [5, 5.41) is 1.85. The summed E-state index contributed by atoms with van der Waals surface area (Å²) >= 11 is 0. The number of carbonyl (C=O) groups excluding carboxylic acids is 1. The normalized spacial score (nSPS) is 18.4. The SMILES string of the molecule is COc1ccc(C2N=CC(C(=O)C(F)(F)F)=C(C(F)(F)F)N2)cc1. The van der Waals surface area contributed by atoms with Crippen molar-refractivity contribution in [1.82, 2.24) is 5.32 Å². The van der Waals surface area contributed by atoms with Crippen LogP contribution in [0.25, 0.3) is 0 Å². The van der Waals surface area contributed by atoms with Gasteiger partial charge in [0.25, 0.3) is 5.78 Å². The summed E-state index contributed by atoms with van der Waals surface area (Å²) in [5.74, 6) is -2.17. The van der Waals surface area contributed by atoms with Crippen LogP contribution in [0.1, 0.15) is 11.7 Å². The number of Topliss-reactive ketones (excluding diaryl/α,β-unsaturated/α-hetero) is 1. The van der Waals surface area contributed by atoms with Gasteiger partial charge < -0.3 is 10.1 Å². The summed E-state index contributed by atoms with van der Waals surface area (Å²) in [6.07, 6.45) is -11.6. The van der Waals surface area contributed by atoms with Crippen LogP contribution in [0.2, 0.25) is 0 Å². The Labute approximate surface area is 131 Å². The van der Waals surface area contributed by atoms with E-state index in [4.69, 9.17) is 4.74 Å². The predicted octanol–water partition coefficient (Wildman–Crippen LogP) is 3.32. The maximum Gasteiger partial charge on any atom is 0.455 e. The van der Waals surface area contributed by atoms with Gasteiger partial charge in [0.1, 0.15) is 17.6 Å². The number of nitrogens with one attached hydrogen (secondary N) is 1. The van der Waals surface area contributed by atoms with Crippen LogP contribution in [0.3, 0.4) is 0 Å². The molecule has 24 heavy (non-hydrogen) atoms. The van der Waals surface area contributed by atoms with E-state index in [1.807, 2.05) is 5.32 Å².